The number of nitrogens with zero attached hydrogens (tertiary/aromatic N) is 1. The van der Waals surface area contributed by atoms with Crippen LogP contribution >= 0.6 is 11.6 Å². The largest absolute Gasteiger partial charge is 0.480 e. The molecule has 0 amide bonds. The molecule has 21 heavy (non-hydrogen) atoms. The summed E-state index contributed by atoms with van der Waals surface area (Å²) in [4.78, 5) is 30.4. The fourth-order valence-corrected chi connectivity index (χ4v) is 1.39. The van der Waals surface area contributed by atoms with Gasteiger partial charge in [-0.2, -0.15) is 0 Å². The third-order valence-electron chi connectivity index (χ3n) is 2.10. The highest BCUT2D eigenvalue weighted by Gasteiger charge is 2.22. The van der Waals surface area contributed by atoms with Crippen molar-refractivity contribution in [2.24, 2.45) is 0 Å². The average Bonchev–Trinajstić information content (AvgIpc) is 2.39. The Bertz CT molecular complexity index is 468. The molecular weight excluding hydrogens is 304 g/mol. The molecule has 0 spiro atoms. The van der Waals surface area contributed by atoms with E-state index in [9.17, 15) is 19.7 Å². The Morgan fingerprint density at radius 3 is 2.33 bits per heavy atom. The van der Waals surface area contributed by atoms with Gasteiger partial charge in [0.2, 0.25) is 0 Å². The minimum atomic E-state index is -1.24. The van der Waals surface area contributed by atoms with Gasteiger partial charge in [-0.3, -0.25) is 0 Å². The Hall–Kier alpha value is -2.35. The predicted octanol–water partition coefficient (Wildman–Crippen LogP) is 1.85. The topological polar surface area (TPSA) is 119 Å². The molecule has 1 atom stereocenters. The van der Waals surface area contributed by atoms with Crippen LogP contribution in [-0.2, 0) is 16.0 Å². The van der Waals surface area contributed by atoms with Crippen LogP contribution in [0.25, 0.3) is 0 Å². The zero-order valence-corrected chi connectivity index (χ0v) is 11.9. The lowest BCUT2D eigenvalue weighted by molar-refractivity contribution is -0.548. The highest BCUT2D eigenvalue weighted by molar-refractivity contribution is 6.61. The standard InChI is InChI=1S/C9H10N2O4.C3H5ClO2/c12-9(13)8(10-11(14)15)6-7-4-2-1-3-5-7;1-2-6-3(4)5/h1-5,8,10H,6H2,(H,12,13);2H2,1H3. The number of hydrogen-bond donors (Lipinski definition) is 2. The molecule has 1 rings (SSSR count). The predicted molar refractivity (Wildman–Crippen MR) is 74.6 cm³/mol. The van der Waals surface area contributed by atoms with Crippen LogP contribution in [0.4, 0.5) is 4.79 Å². The number of carbonyl (C=O) groups is 2. The first kappa shape index (κ1) is 18.7. The first-order chi connectivity index (χ1) is 9.86. The number of hydrazine groups is 1. The number of carbonyl (C=O) groups excluding carboxylic acids is 1. The van der Waals surface area contributed by atoms with Crippen LogP contribution in [0.2, 0.25) is 0 Å². The lowest BCUT2D eigenvalue weighted by Crippen LogP contribution is -2.41. The van der Waals surface area contributed by atoms with Crippen molar-refractivity contribution in [1.82, 2.24) is 5.43 Å². The number of ether oxygens (including phenoxy) is 1. The van der Waals surface area contributed by atoms with E-state index >= 15 is 0 Å². The number of aliphatic carboxylic acids is 1. The number of carboxylic acid groups (broad SMARTS) is 1. The van der Waals surface area contributed by atoms with Gasteiger partial charge >= 0.3 is 11.4 Å². The molecule has 0 radical (unpaired) electrons. The van der Waals surface area contributed by atoms with Gasteiger partial charge in [0.15, 0.2) is 11.1 Å². The molecule has 1 aromatic carbocycles. The molecule has 0 bridgehead atoms. The molecule has 0 aliphatic heterocycles. The average molecular weight is 319 g/mol. The fraction of sp³-hybridized carbons (Fsp3) is 0.333. The van der Waals surface area contributed by atoms with Crippen LogP contribution in [0.5, 0.6) is 0 Å². The zero-order valence-electron chi connectivity index (χ0n) is 11.2. The summed E-state index contributed by atoms with van der Waals surface area (Å²) in [6, 6.07) is 7.53. The maximum atomic E-state index is 10.7. The number of nitro groups is 1. The second-order valence-corrected chi connectivity index (χ2v) is 3.95. The van der Waals surface area contributed by atoms with Crippen molar-refractivity contribution in [2.75, 3.05) is 6.61 Å². The smallest absolute Gasteiger partial charge is 0.403 e. The normalized spacial score (nSPS) is 10.6. The van der Waals surface area contributed by atoms with Crippen molar-refractivity contribution in [2.45, 2.75) is 19.4 Å². The Morgan fingerprint density at radius 1 is 1.43 bits per heavy atom. The van der Waals surface area contributed by atoms with E-state index in [0.717, 1.165) is 5.56 Å². The molecule has 0 aliphatic carbocycles. The Kier molecular flexibility index (Phi) is 9.27. The van der Waals surface area contributed by atoms with E-state index in [2.05, 4.69) is 4.74 Å². The number of nitrogens with one attached hydrogen (secondary N) is 1. The van der Waals surface area contributed by atoms with E-state index in [1.165, 1.54) is 0 Å². The molecule has 8 nitrogen and oxygen atoms in total. The third kappa shape index (κ3) is 10.1. The fourth-order valence-electron chi connectivity index (χ4n) is 1.28. The van der Waals surface area contributed by atoms with Gasteiger partial charge in [0.1, 0.15) is 0 Å². The quantitative estimate of drug-likeness (QED) is 0.466. The summed E-state index contributed by atoms with van der Waals surface area (Å²) in [5, 5.41) is 18.0. The second kappa shape index (κ2) is 10.4. The number of rotatable bonds is 6. The van der Waals surface area contributed by atoms with Crippen molar-refractivity contribution in [3.05, 3.63) is 46.0 Å². The van der Waals surface area contributed by atoms with Crippen molar-refractivity contribution in [3.8, 4) is 0 Å². The molecule has 9 heteroatoms. The highest BCUT2D eigenvalue weighted by atomic mass is 35.5. The third-order valence-corrected chi connectivity index (χ3v) is 2.21. The van der Waals surface area contributed by atoms with Crippen LogP contribution in [-0.4, -0.2) is 34.2 Å². The van der Waals surface area contributed by atoms with Crippen molar-refractivity contribution in [3.63, 3.8) is 0 Å². The highest BCUT2D eigenvalue weighted by Crippen LogP contribution is 2.03. The van der Waals surface area contributed by atoms with E-state index in [-0.39, 0.29) is 6.42 Å². The van der Waals surface area contributed by atoms with Gasteiger partial charge in [0.25, 0.3) is 0 Å². The van der Waals surface area contributed by atoms with Crippen LogP contribution in [0.15, 0.2) is 30.3 Å². The van der Waals surface area contributed by atoms with E-state index < -0.39 is 22.5 Å². The summed E-state index contributed by atoms with van der Waals surface area (Å²) >= 11 is 4.72. The molecule has 1 unspecified atom stereocenters. The zero-order chi connectivity index (χ0) is 16.3. The van der Waals surface area contributed by atoms with Gasteiger partial charge < -0.3 is 9.84 Å². The SMILES string of the molecule is CCOC(=O)Cl.O=C(O)C(Cc1ccccc1)N[N+](=O)[O-]. The lowest BCUT2D eigenvalue weighted by atomic mass is 10.1. The van der Waals surface area contributed by atoms with Crippen molar-refractivity contribution < 1.29 is 24.5 Å². The molecule has 0 saturated heterocycles. The van der Waals surface area contributed by atoms with Crippen LogP contribution in [0, 0.1) is 10.1 Å². The lowest BCUT2D eigenvalue weighted by Gasteiger charge is -2.08. The van der Waals surface area contributed by atoms with Gasteiger partial charge in [-0.25, -0.2) is 19.7 Å². The molecular formula is C12H15ClN2O6. The molecule has 0 heterocycles. The number of hydrogen-bond acceptors (Lipinski definition) is 5. The number of benzene rings is 1. The Labute approximate surface area is 125 Å². The molecule has 1 aromatic rings. The number of halogens is 1. The first-order valence-corrected chi connectivity index (χ1v) is 6.24. The molecule has 0 aliphatic rings. The molecule has 116 valence electrons. The summed E-state index contributed by atoms with van der Waals surface area (Å²) in [5.41, 5.74) is 1.75. The molecule has 2 N–H and O–H groups in total. The minimum Gasteiger partial charge on any atom is -0.480 e. The maximum Gasteiger partial charge on any atom is 0.403 e. The van der Waals surface area contributed by atoms with Gasteiger partial charge in [0.05, 0.1) is 6.61 Å². The van der Waals surface area contributed by atoms with Crippen molar-refractivity contribution >= 4 is 23.0 Å². The van der Waals surface area contributed by atoms with Gasteiger partial charge in [-0.15, -0.1) is 5.43 Å². The summed E-state index contributed by atoms with van der Waals surface area (Å²) in [6.45, 7) is 2.04. The van der Waals surface area contributed by atoms with E-state index in [1.54, 1.807) is 42.7 Å². The van der Waals surface area contributed by atoms with E-state index in [4.69, 9.17) is 16.7 Å². The van der Waals surface area contributed by atoms with Crippen LogP contribution in [0.1, 0.15) is 12.5 Å². The molecule has 0 aromatic heterocycles. The summed E-state index contributed by atoms with van der Waals surface area (Å²) < 4.78 is 4.17. The Morgan fingerprint density at radius 2 is 2.00 bits per heavy atom. The van der Waals surface area contributed by atoms with Gasteiger partial charge in [-0.05, 0) is 12.5 Å². The first-order valence-electron chi connectivity index (χ1n) is 5.86. The van der Waals surface area contributed by atoms with E-state index in [1.807, 2.05) is 0 Å². The maximum absolute atomic E-state index is 10.7. The monoisotopic (exact) mass is 318 g/mol. The van der Waals surface area contributed by atoms with Crippen molar-refractivity contribution in [1.29, 1.82) is 0 Å². The Balaban J connectivity index is 0.000000567. The van der Waals surface area contributed by atoms with Crippen LogP contribution < -0.4 is 5.43 Å². The second-order valence-electron chi connectivity index (χ2n) is 3.64. The molecule has 0 fully saturated rings. The van der Waals surface area contributed by atoms with Gasteiger partial charge in [0, 0.05) is 18.0 Å². The summed E-state index contributed by atoms with van der Waals surface area (Å²) in [6.07, 6.45) is 0.0805. The van der Waals surface area contributed by atoms with E-state index in [0.29, 0.717) is 6.61 Å². The summed E-state index contributed by atoms with van der Waals surface area (Å²) in [5.74, 6) is -1.24. The van der Waals surface area contributed by atoms with Gasteiger partial charge in [-0.1, -0.05) is 30.3 Å². The molecule has 0 saturated carbocycles. The minimum absolute atomic E-state index is 0.0805. The van der Waals surface area contributed by atoms with Crippen LogP contribution in [0.3, 0.4) is 0 Å². The number of carboxylic acids is 1. The summed E-state index contributed by atoms with van der Waals surface area (Å²) in [7, 11) is 0.